The molecule has 0 heterocycles. The van der Waals surface area contributed by atoms with Crippen molar-refractivity contribution in [2.75, 3.05) is 14.2 Å². The maximum Gasteiger partial charge on any atom is 0.126 e. The lowest BCUT2D eigenvalue weighted by Crippen LogP contribution is -1.95. The van der Waals surface area contributed by atoms with Gasteiger partial charge < -0.3 is 9.47 Å². The summed E-state index contributed by atoms with van der Waals surface area (Å²) < 4.78 is 11.0. The summed E-state index contributed by atoms with van der Waals surface area (Å²) in [5.41, 5.74) is 4.59. The van der Waals surface area contributed by atoms with Crippen molar-refractivity contribution in [3.63, 3.8) is 0 Å². The zero-order chi connectivity index (χ0) is 17.4. The largest absolute Gasteiger partial charge is 0.496 e. The summed E-state index contributed by atoms with van der Waals surface area (Å²) in [6, 6.07) is 12.5. The van der Waals surface area contributed by atoms with Crippen molar-refractivity contribution in [3.05, 3.63) is 60.2 Å². The van der Waals surface area contributed by atoms with E-state index in [-0.39, 0.29) is 0 Å². The molecule has 0 aliphatic carbocycles. The summed E-state index contributed by atoms with van der Waals surface area (Å²) in [5.74, 6) is 7.82. The molecule has 0 aliphatic rings. The van der Waals surface area contributed by atoms with Gasteiger partial charge in [-0.15, -0.1) is 18.4 Å². The minimum absolute atomic E-state index is 0.823. The van der Waals surface area contributed by atoms with Gasteiger partial charge in [-0.3, -0.25) is 0 Å². The SMILES string of the molecule is C=CCc1ccc(OC)c(-c2ccc(OC)c(CCC#CC)c2)c1. The standard InChI is InChI=1S/C22H24O2/c1-5-7-8-10-19-16-18(12-14-21(19)23-3)20-15-17(9-6-2)11-13-22(20)24-4/h6,11-16H,2,8-10H2,1,3-4H3. The van der Waals surface area contributed by atoms with Crippen molar-refractivity contribution in [2.24, 2.45) is 0 Å². The van der Waals surface area contributed by atoms with E-state index in [1.807, 2.05) is 25.1 Å². The van der Waals surface area contributed by atoms with E-state index in [0.717, 1.165) is 47.5 Å². The zero-order valence-electron chi connectivity index (χ0n) is 14.7. The van der Waals surface area contributed by atoms with Gasteiger partial charge in [0.1, 0.15) is 11.5 Å². The third-order valence-electron chi connectivity index (χ3n) is 3.93. The van der Waals surface area contributed by atoms with Gasteiger partial charge in [0.05, 0.1) is 14.2 Å². The highest BCUT2D eigenvalue weighted by Gasteiger charge is 2.10. The van der Waals surface area contributed by atoms with Gasteiger partial charge in [0.15, 0.2) is 0 Å². The van der Waals surface area contributed by atoms with E-state index < -0.39 is 0 Å². The third kappa shape index (κ3) is 4.20. The van der Waals surface area contributed by atoms with Crippen LogP contribution < -0.4 is 9.47 Å². The Hall–Kier alpha value is -2.66. The monoisotopic (exact) mass is 320 g/mol. The number of ether oxygens (including phenoxy) is 2. The molecule has 2 aromatic rings. The maximum atomic E-state index is 5.55. The van der Waals surface area contributed by atoms with E-state index in [4.69, 9.17) is 9.47 Å². The van der Waals surface area contributed by atoms with Crippen LogP contribution in [0.4, 0.5) is 0 Å². The second-order valence-electron chi connectivity index (χ2n) is 5.48. The Kier molecular flexibility index (Phi) is 6.51. The van der Waals surface area contributed by atoms with E-state index in [9.17, 15) is 0 Å². The smallest absolute Gasteiger partial charge is 0.126 e. The Morgan fingerprint density at radius 3 is 2.46 bits per heavy atom. The van der Waals surface area contributed by atoms with Crippen molar-refractivity contribution in [1.29, 1.82) is 0 Å². The molecule has 0 atom stereocenters. The molecule has 0 radical (unpaired) electrons. The molecule has 0 saturated heterocycles. The molecule has 0 amide bonds. The van der Waals surface area contributed by atoms with Gasteiger partial charge in [-0.25, -0.2) is 0 Å². The first-order chi connectivity index (χ1) is 11.7. The molecular weight excluding hydrogens is 296 g/mol. The van der Waals surface area contributed by atoms with Gasteiger partial charge >= 0.3 is 0 Å². The van der Waals surface area contributed by atoms with E-state index in [1.165, 1.54) is 5.56 Å². The minimum Gasteiger partial charge on any atom is -0.496 e. The number of hydrogen-bond acceptors (Lipinski definition) is 2. The van der Waals surface area contributed by atoms with Crippen molar-refractivity contribution in [1.82, 2.24) is 0 Å². The van der Waals surface area contributed by atoms with E-state index in [1.54, 1.807) is 14.2 Å². The normalized spacial score (nSPS) is 9.79. The van der Waals surface area contributed by atoms with Crippen LogP contribution in [0.2, 0.25) is 0 Å². The fourth-order valence-electron chi connectivity index (χ4n) is 2.74. The number of allylic oxidation sites excluding steroid dienone is 1. The molecular formula is C22H24O2. The fraction of sp³-hybridized carbons (Fsp3) is 0.273. The van der Waals surface area contributed by atoms with E-state index in [2.05, 4.69) is 42.7 Å². The zero-order valence-corrected chi connectivity index (χ0v) is 14.7. The second kappa shape index (κ2) is 8.84. The second-order valence-corrected chi connectivity index (χ2v) is 5.48. The number of hydrogen-bond donors (Lipinski definition) is 0. The summed E-state index contributed by atoms with van der Waals surface area (Å²) >= 11 is 0. The number of benzene rings is 2. The topological polar surface area (TPSA) is 18.5 Å². The fourth-order valence-corrected chi connectivity index (χ4v) is 2.74. The molecule has 2 nitrogen and oxygen atoms in total. The summed E-state index contributed by atoms with van der Waals surface area (Å²) in [5, 5.41) is 0. The average molecular weight is 320 g/mol. The van der Waals surface area contributed by atoms with Gasteiger partial charge in [-0.2, -0.15) is 0 Å². The maximum absolute atomic E-state index is 5.55. The first-order valence-electron chi connectivity index (χ1n) is 8.08. The Morgan fingerprint density at radius 1 is 1.04 bits per heavy atom. The lowest BCUT2D eigenvalue weighted by atomic mass is 9.97. The van der Waals surface area contributed by atoms with Crippen LogP contribution in [0.1, 0.15) is 24.5 Å². The molecule has 24 heavy (non-hydrogen) atoms. The predicted molar refractivity (Wildman–Crippen MR) is 101 cm³/mol. The summed E-state index contributed by atoms with van der Waals surface area (Å²) in [6.45, 7) is 5.68. The highest BCUT2D eigenvalue weighted by Crippen LogP contribution is 2.34. The Bertz CT molecular complexity index is 763. The molecule has 0 unspecified atom stereocenters. The van der Waals surface area contributed by atoms with Crippen molar-refractivity contribution >= 4 is 0 Å². The van der Waals surface area contributed by atoms with Crippen LogP contribution >= 0.6 is 0 Å². The first-order valence-corrected chi connectivity index (χ1v) is 8.08. The van der Waals surface area contributed by atoms with Crippen LogP contribution in [0.5, 0.6) is 11.5 Å². The highest BCUT2D eigenvalue weighted by atomic mass is 16.5. The highest BCUT2D eigenvalue weighted by molar-refractivity contribution is 5.72. The summed E-state index contributed by atoms with van der Waals surface area (Å²) in [7, 11) is 3.41. The minimum atomic E-state index is 0.823. The Labute approximate surface area is 145 Å². The van der Waals surface area contributed by atoms with Crippen molar-refractivity contribution in [2.45, 2.75) is 26.2 Å². The van der Waals surface area contributed by atoms with Crippen LogP contribution in [0, 0.1) is 11.8 Å². The van der Waals surface area contributed by atoms with E-state index in [0.29, 0.717) is 0 Å². The van der Waals surface area contributed by atoms with Crippen LogP contribution in [0.25, 0.3) is 11.1 Å². The molecule has 0 spiro atoms. The van der Waals surface area contributed by atoms with Crippen LogP contribution in [-0.2, 0) is 12.8 Å². The van der Waals surface area contributed by atoms with Crippen molar-refractivity contribution in [3.8, 4) is 34.5 Å². The average Bonchev–Trinajstić information content (AvgIpc) is 2.62. The number of aryl methyl sites for hydroxylation is 1. The predicted octanol–water partition coefficient (Wildman–Crippen LogP) is 5.06. The Balaban J connectivity index is 2.46. The lowest BCUT2D eigenvalue weighted by Gasteiger charge is -2.14. The molecule has 124 valence electrons. The molecule has 2 aromatic carbocycles. The molecule has 0 fully saturated rings. The first kappa shape index (κ1) is 17.7. The van der Waals surface area contributed by atoms with Gasteiger partial charge in [0.25, 0.3) is 0 Å². The van der Waals surface area contributed by atoms with Gasteiger partial charge in [-0.05, 0) is 60.7 Å². The van der Waals surface area contributed by atoms with Crippen LogP contribution in [0.3, 0.4) is 0 Å². The summed E-state index contributed by atoms with van der Waals surface area (Å²) in [6.07, 6.45) is 4.44. The third-order valence-corrected chi connectivity index (χ3v) is 3.93. The van der Waals surface area contributed by atoms with Crippen LogP contribution in [-0.4, -0.2) is 14.2 Å². The van der Waals surface area contributed by atoms with Crippen molar-refractivity contribution < 1.29 is 9.47 Å². The number of rotatable bonds is 7. The number of methoxy groups -OCH3 is 2. The molecule has 0 aliphatic heterocycles. The van der Waals surface area contributed by atoms with Gasteiger partial charge in [-0.1, -0.05) is 18.2 Å². The quantitative estimate of drug-likeness (QED) is 0.525. The van der Waals surface area contributed by atoms with Gasteiger partial charge in [0.2, 0.25) is 0 Å². The van der Waals surface area contributed by atoms with Crippen LogP contribution in [0.15, 0.2) is 49.1 Å². The molecule has 2 rings (SSSR count). The molecule has 0 saturated carbocycles. The molecule has 0 bridgehead atoms. The molecule has 0 aromatic heterocycles. The van der Waals surface area contributed by atoms with E-state index >= 15 is 0 Å². The summed E-state index contributed by atoms with van der Waals surface area (Å²) in [4.78, 5) is 0. The van der Waals surface area contributed by atoms with Gasteiger partial charge in [0, 0.05) is 12.0 Å². The molecule has 0 N–H and O–H groups in total. The Morgan fingerprint density at radius 2 is 1.79 bits per heavy atom. The lowest BCUT2D eigenvalue weighted by molar-refractivity contribution is 0.409. The molecule has 2 heteroatoms.